The number of hydrogen-bond donors (Lipinski definition) is 4. The Labute approximate surface area is 247 Å². The molecule has 4 N–H and O–H groups in total. The summed E-state index contributed by atoms with van der Waals surface area (Å²) in [5, 5.41) is 8.86. The Morgan fingerprint density at radius 1 is 1.05 bits per heavy atom. The van der Waals surface area contributed by atoms with Gasteiger partial charge in [-0.15, -0.1) is 0 Å². The first-order valence-electron chi connectivity index (χ1n) is 14.1. The molecule has 0 bridgehead atoms. The van der Waals surface area contributed by atoms with Gasteiger partial charge in [0.25, 0.3) is 5.91 Å². The van der Waals surface area contributed by atoms with Gasteiger partial charge >= 0.3 is 5.97 Å². The molecule has 3 aromatic rings. The van der Waals surface area contributed by atoms with E-state index < -0.39 is 54.0 Å². The maximum atomic E-state index is 13.5. The zero-order chi connectivity index (χ0) is 31.1. The summed E-state index contributed by atoms with van der Waals surface area (Å²) >= 11 is 0. The number of esters is 1. The number of benzene rings is 2. The molecule has 43 heavy (non-hydrogen) atoms. The maximum Gasteiger partial charge on any atom is 0.338 e. The van der Waals surface area contributed by atoms with Crippen molar-refractivity contribution in [1.29, 1.82) is 0 Å². The molecule has 3 atom stereocenters. The van der Waals surface area contributed by atoms with E-state index in [9.17, 15) is 28.4 Å². The predicted molar refractivity (Wildman–Crippen MR) is 155 cm³/mol. The summed E-state index contributed by atoms with van der Waals surface area (Å²) in [5.74, 6) is -3.30. The number of amides is 3. The second-order valence-corrected chi connectivity index (χ2v) is 10.9. The van der Waals surface area contributed by atoms with Crippen molar-refractivity contribution >= 4 is 40.4 Å². The molecule has 1 aliphatic rings. The number of methoxy groups -OCH3 is 1. The van der Waals surface area contributed by atoms with Crippen LogP contribution in [0.25, 0.3) is 10.9 Å². The lowest BCUT2D eigenvalue weighted by Crippen LogP contribution is -2.53. The first kappa shape index (κ1) is 31.2. The third-order valence-corrected chi connectivity index (χ3v) is 7.23. The molecule has 0 radical (unpaired) electrons. The van der Waals surface area contributed by atoms with Gasteiger partial charge in [-0.3, -0.25) is 19.2 Å². The normalized spacial score (nSPS) is 15.9. The van der Waals surface area contributed by atoms with Gasteiger partial charge in [-0.2, -0.15) is 0 Å². The number of Topliss-reactive ketones (excluding diaryl/α,β-unsaturated/α-hetero) is 1. The number of ketones is 1. The molecule has 1 fully saturated rings. The maximum absolute atomic E-state index is 13.5. The second-order valence-electron chi connectivity index (χ2n) is 10.9. The fourth-order valence-electron chi connectivity index (χ4n) is 4.97. The highest BCUT2D eigenvalue weighted by Gasteiger charge is 2.34. The lowest BCUT2D eigenvalue weighted by atomic mass is 9.95. The number of ether oxygens (including phenoxy) is 2. The van der Waals surface area contributed by atoms with E-state index in [4.69, 9.17) is 9.47 Å². The van der Waals surface area contributed by atoms with Crippen molar-refractivity contribution in [2.24, 2.45) is 11.8 Å². The Morgan fingerprint density at radius 2 is 1.79 bits per heavy atom. The molecule has 228 valence electrons. The van der Waals surface area contributed by atoms with Gasteiger partial charge in [0.15, 0.2) is 12.4 Å². The third kappa shape index (κ3) is 7.97. The zero-order valence-electron chi connectivity index (χ0n) is 24.2. The SMILES string of the molecule is COc1cccc2[nH]c(C(=O)N[C@@H](CC(C)C)C(=O)N[C@@H](C[C@@H]3CCNC3=O)C(=O)COC(=O)c3ccc(F)cc3)cc12. The van der Waals surface area contributed by atoms with Crippen LogP contribution < -0.4 is 20.7 Å². The predicted octanol–water partition coefficient (Wildman–Crippen LogP) is 2.90. The average molecular weight is 595 g/mol. The number of aromatic nitrogens is 1. The molecular weight excluding hydrogens is 559 g/mol. The van der Waals surface area contributed by atoms with E-state index in [0.717, 1.165) is 12.1 Å². The number of hydrogen-bond acceptors (Lipinski definition) is 7. The zero-order valence-corrected chi connectivity index (χ0v) is 24.2. The highest BCUT2D eigenvalue weighted by Crippen LogP contribution is 2.26. The second kappa shape index (κ2) is 14.0. The Kier molecular flexibility index (Phi) is 10.1. The topological polar surface area (TPSA) is 156 Å². The smallest absolute Gasteiger partial charge is 0.338 e. The molecule has 1 saturated heterocycles. The number of carbonyl (C=O) groups is 5. The fourth-order valence-corrected chi connectivity index (χ4v) is 4.97. The quantitative estimate of drug-likeness (QED) is 0.222. The van der Waals surface area contributed by atoms with Gasteiger partial charge in [0.1, 0.15) is 23.3 Å². The van der Waals surface area contributed by atoms with Gasteiger partial charge in [-0.25, -0.2) is 9.18 Å². The molecule has 11 nitrogen and oxygen atoms in total. The molecule has 0 spiro atoms. The highest BCUT2D eigenvalue weighted by molar-refractivity contribution is 6.02. The molecule has 1 aliphatic heterocycles. The molecule has 3 amide bonds. The van der Waals surface area contributed by atoms with Crippen LogP contribution in [0.15, 0.2) is 48.5 Å². The van der Waals surface area contributed by atoms with Crippen molar-refractivity contribution in [3.05, 3.63) is 65.6 Å². The number of carbonyl (C=O) groups excluding carboxylic acids is 5. The summed E-state index contributed by atoms with van der Waals surface area (Å²) < 4.78 is 23.7. The Bertz CT molecular complexity index is 1500. The molecule has 0 saturated carbocycles. The summed E-state index contributed by atoms with van der Waals surface area (Å²) in [6.07, 6.45) is 0.740. The van der Waals surface area contributed by atoms with Crippen LogP contribution in [0, 0.1) is 17.7 Å². The largest absolute Gasteiger partial charge is 0.496 e. The Hall–Kier alpha value is -4.74. The monoisotopic (exact) mass is 594 g/mol. The molecule has 0 unspecified atom stereocenters. The van der Waals surface area contributed by atoms with Gasteiger partial charge in [-0.1, -0.05) is 19.9 Å². The van der Waals surface area contributed by atoms with Crippen molar-refractivity contribution in [1.82, 2.24) is 20.9 Å². The van der Waals surface area contributed by atoms with Crippen molar-refractivity contribution in [3.63, 3.8) is 0 Å². The first-order valence-corrected chi connectivity index (χ1v) is 14.1. The lowest BCUT2D eigenvalue weighted by Gasteiger charge is -2.25. The number of nitrogens with one attached hydrogen (secondary N) is 4. The van der Waals surface area contributed by atoms with Crippen LogP contribution in [0.1, 0.15) is 54.0 Å². The van der Waals surface area contributed by atoms with E-state index in [0.29, 0.717) is 29.6 Å². The Morgan fingerprint density at radius 3 is 2.44 bits per heavy atom. The van der Waals surface area contributed by atoms with Gasteiger partial charge in [0.2, 0.25) is 11.8 Å². The molecule has 1 aromatic heterocycles. The van der Waals surface area contributed by atoms with Crippen LogP contribution in [0.2, 0.25) is 0 Å². The summed E-state index contributed by atoms with van der Waals surface area (Å²) in [6, 6.07) is 9.46. The third-order valence-electron chi connectivity index (χ3n) is 7.23. The number of fused-ring (bicyclic) bond motifs is 1. The average Bonchev–Trinajstić information content (AvgIpc) is 3.61. The summed E-state index contributed by atoms with van der Waals surface area (Å²) in [4.78, 5) is 67.7. The Balaban J connectivity index is 1.48. The fraction of sp³-hybridized carbons (Fsp3) is 0.387. The van der Waals surface area contributed by atoms with E-state index in [1.165, 1.54) is 19.2 Å². The number of rotatable bonds is 13. The van der Waals surface area contributed by atoms with E-state index >= 15 is 0 Å². The molecule has 0 aliphatic carbocycles. The summed E-state index contributed by atoms with van der Waals surface area (Å²) in [5.41, 5.74) is 0.966. The minimum absolute atomic E-state index is 0.00489. The van der Waals surface area contributed by atoms with E-state index in [2.05, 4.69) is 20.9 Å². The van der Waals surface area contributed by atoms with Crippen molar-refractivity contribution in [2.45, 2.75) is 45.2 Å². The van der Waals surface area contributed by atoms with E-state index in [-0.39, 0.29) is 35.9 Å². The molecule has 2 heterocycles. The van der Waals surface area contributed by atoms with Gasteiger partial charge in [0.05, 0.1) is 18.7 Å². The molecule has 12 heteroatoms. The first-order chi connectivity index (χ1) is 20.5. The molecule has 2 aromatic carbocycles. The summed E-state index contributed by atoms with van der Waals surface area (Å²) in [7, 11) is 1.53. The van der Waals surface area contributed by atoms with Gasteiger partial charge in [0, 0.05) is 23.4 Å². The van der Waals surface area contributed by atoms with E-state index in [1.54, 1.807) is 24.3 Å². The highest BCUT2D eigenvalue weighted by atomic mass is 19.1. The van der Waals surface area contributed by atoms with Crippen LogP contribution in [-0.4, -0.2) is 66.8 Å². The number of halogens is 1. The van der Waals surface area contributed by atoms with E-state index in [1.807, 2.05) is 13.8 Å². The minimum atomic E-state index is -1.16. The van der Waals surface area contributed by atoms with Crippen molar-refractivity contribution < 1.29 is 37.8 Å². The van der Waals surface area contributed by atoms with Crippen LogP contribution in [0.4, 0.5) is 4.39 Å². The summed E-state index contributed by atoms with van der Waals surface area (Å²) in [6.45, 7) is 3.55. The lowest BCUT2D eigenvalue weighted by molar-refractivity contribution is -0.131. The standard InChI is InChI=1S/C31H35FN4O7/c1-17(2)13-24(36-30(40)25-15-21-22(34-25)5-4-6-27(21)42-3)29(39)35-23(14-19-11-12-33-28(19)38)26(37)16-43-31(41)18-7-9-20(32)10-8-18/h4-10,15,17,19,23-24,34H,11-14,16H2,1-3H3,(H,33,38)(H,35,39)(H,36,40)/t19-,23-,24-/m0/s1. The molecule has 4 rings (SSSR count). The van der Waals surface area contributed by atoms with Gasteiger partial charge < -0.3 is 30.4 Å². The van der Waals surface area contributed by atoms with Crippen molar-refractivity contribution in [2.75, 3.05) is 20.3 Å². The molecular formula is C31H35FN4O7. The number of H-pyrrole nitrogens is 1. The van der Waals surface area contributed by atoms with Crippen LogP contribution in [0.5, 0.6) is 5.75 Å². The van der Waals surface area contributed by atoms with Crippen LogP contribution in [0.3, 0.4) is 0 Å². The minimum Gasteiger partial charge on any atom is -0.496 e. The number of aromatic amines is 1. The van der Waals surface area contributed by atoms with Crippen molar-refractivity contribution in [3.8, 4) is 5.75 Å². The van der Waals surface area contributed by atoms with Gasteiger partial charge in [-0.05, 0) is 67.6 Å². The van der Waals surface area contributed by atoms with Crippen LogP contribution in [-0.2, 0) is 19.1 Å². The van der Waals surface area contributed by atoms with Crippen LogP contribution >= 0.6 is 0 Å².